The Balaban J connectivity index is 1.59. The van der Waals surface area contributed by atoms with Crippen molar-refractivity contribution >= 4 is 17.8 Å². The summed E-state index contributed by atoms with van der Waals surface area (Å²) in [5, 5.41) is 16.4. The molecule has 0 saturated carbocycles. The molecule has 0 unspecified atom stereocenters. The number of hydrogen-bond donors (Lipinski definition) is 0. The lowest BCUT2D eigenvalue weighted by Crippen LogP contribution is -2.42. The molecule has 0 atom stereocenters. The van der Waals surface area contributed by atoms with Crippen LogP contribution in [0.2, 0.25) is 0 Å². The molecule has 0 spiro atoms. The summed E-state index contributed by atoms with van der Waals surface area (Å²) < 4.78 is 95.4. The predicted octanol–water partition coefficient (Wildman–Crippen LogP) is 6.61. The Labute approximate surface area is 265 Å². The van der Waals surface area contributed by atoms with Crippen molar-refractivity contribution in [2.24, 2.45) is 0 Å². The lowest BCUT2D eigenvalue weighted by atomic mass is 10.1. The summed E-state index contributed by atoms with van der Waals surface area (Å²) in [6.45, 7) is -1.12. The zero-order chi connectivity index (χ0) is 34.8. The van der Waals surface area contributed by atoms with Crippen molar-refractivity contribution in [1.29, 1.82) is 0 Å². The average Bonchev–Trinajstić information content (AvgIpc) is 3.47. The van der Waals surface area contributed by atoms with Gasteiger partial charge < -0.3 is 0 Å². The predicted molar refractivity (Wildman–Crippen MR) is 159 cm³/mol. The average molecular weight is 674 g/mol. The van der Waals surface area contributed by atoms with E-state index in [2.05, 4.69) is 5.10 Å². The fraction of sp³-hybridized carbons (Fsp3) is 0.156. The number of aromatic nitrogens is 4. The number of benzene rings is 3. The van der Waals surface area contributed by atoms with Crippen LogP contribution in [0.25, 0.3) is 12.2 Å². The molecule has 248 valence electrons. The van der Waals surface area contributed by atoms with E-state index < -0.39 is 69.9 Å². The highest BCUT2D eigenvalue weighted by molar-refractivity contribution is 5.71. The Morgan fingerprint density at radius 1 is 0.750 bits per heavy atom. The van der Waals surface area contributed by atoms with E-state index in [0.29, 0.717) is 15.7 Å². The first kappa shape index (κ1) is 33.6. The molecular formula is C32H22F7N5O4. The molecular weight excluding hydrogens is 651 g/mol. The summed E-state index contributed by atoms with van der Waals surface area (Å²) in [4.78, 5) is 38.4. The van der Waals surface area contributed by atoms with Gasteiger partial charge in [-0.3, -0.25) is 24.2 Å². The molecule has 5 aromatic rings. The molecule has 0 aliphatic heterocycles. The van der Waals surface area contributed by atoms with Crippen molar-refractivity contribution < 1.29 is 35.7 Å². The fourth-order valence-corrected chi connectivity index (χ4v) is 4.83. The quantitative estimate of drug-likeness (QED) is 0.0996. The summed E-state index contributed by atoms with van der Waals surface area (Å²) >= 11 is 0. The minimum Gasteiger partial charge on any atom is -0.283 e. The van der Waals surface area contributed by atoms with Crippen LogP contribution in [0.3, 0.4) is 0 Å². The van der Waals surface area contributed by atoms with E-state index in [9.17, 15) is 50.4 Å². The Bertz CT molecular complexity index is 2110. The van der Waals surface area contributed by atoms with Crippen LogP contribution < -0.4 is 11.2 Å². The molecule has 16 heteroatoms. The van der Waals surface area contributed by atoms with Gasteiger partial charge in [-0.25, -0.2) is 13.8 Å². The molecule has 0 aliphatic rings. The Morgan fingerprint density at radius 3 is 1.81 bits per heavy atom. The highest BCUT2D eigenvalue weighted by Gasteiger charge is 2.32. The Morgan fingerprint density at radius 2 is 1.29 bits per heavy atom. The first-order valence-electron chi connectivity index (χ1n) is 13.9. The van der Waals surface area contributed by atoms with Crippen molar-refractivity contribution in [3.05, 3.63) is 161 Å². The van der Waals surface area contributed by atoms with Crippen molar-refractivity contribution in [2.75, 3.05) is 0 Å². The summed E-state index contributed by atoms with van der Waals surface area (Å²) in [6.07, 6.45) is -4.11. The molecule has 0 radical (unpaired) electrons. The molecule has 0 N–H and O–H groups in total. The smallest absolute Gasteiger partial charge is 0.283 e. The largest absolute Gasteiger partial charge is 0.416 e. The lowest BCUT2D eigenvalue weighted by molar-refractivity contribution is -0.387. The van der Waals surface area contributed by atoms with Crippen LogP contribution in [0.5, 0.6) is 0 Å². The van der Waals surface area contributed by atoms with Gasteiger partial charge in [0.1, 0.15) is 11.5 Å². The zero-order valence-electron chi connectivity index (χ0n) is 24.4. The third-order valence-corrected chi connectivity index (χ3v) is 7.25. The van der Waals surface area contributed by atoms with Crippen molar-refractivity contribution in [3.63, 3.8) is 0 Å². The van der Waals surface area contributed by atoms with Gasteiger partial charge in [-0.05, 0) is 53.6 Å². The van der Waals surface area contributed by atoms with E-state index in [0.717, 1.165) is 59.2 Å². The zero-order valence-corrected chi connectivity index (χ0v) is 24.4. The fourth-order valence-electron chi connectivity index (χ4n) is 4.83. The van der Waals surface area contributed by atoms with E-state index in [4.69, 9.17) is 0 Å². The second kappa shape index (κ2) is 13.1. The molecule has 2 heterocycles. The summed E-state index contributed by atoms with van der Waals surface area (Å²) in [7, 11) is 0. The van der Waals surface area contributed by atoms with Gasteiger partial charge in [0.05, 0.1) is 41.9 Å². The number of hydrogen-bond acceptors (Lipinski definition) is 5. The van der Waals surface area contributed by atoms with Crippen molar-refractivity contribution in [1.82, 2.24) is 18.9 Å². The monoisotopic (exact) mass is 673 g/mol. The lowest BCUT2D eigenvalue weighted by Gasteiger charge is -2.15. The van der Waals surface area contributed by atoms with Crippen LogP contribution in [0.4, 0.5) is 36.4 Å². The Kier molecular flexibility index (Phi) is 9.18. The van der Waals surface area contributed by atoms with Crippen LogP contribution in [0.1, 0.15) is 39.1 Å². The maximum Gasteiger partial charge on any atom is 0.416 e. The second-order valence-corrected chi connectivity index (χ2v) is 10.5. The molecule has 48 heavy (non-hydrogen) atoms. The molecule has 0 saturated heterocycles. The summed E-state index contributed by atoms with van der Waals surface area (Å²) in [6, 6.07) is 13.1. The van der Waals surface area contributed by atoms with Gasteiger partial charge in [-0.2, -0.15) is 31.4 Å². The minimum atomic E-state index is -4.66. The molecule has 0 fully saturated rings. The van der Waals surface area contributed by atoms with E-state index in [1.165, 1.54) is 35.3 Å². The third kappa shape index (κ3) is 7.43. The van der Waals surface area contributed by atoms with Gasteiger partial charge in [0.2, 0.25) is 0 Å². The number of nitrogens with zero attached hydrogens (tertiary/aromatic N) is 5. The van der Waals surface area contributed by atoms with Gasteiger partial charge >= 0.3 is 29.3 Å². The van der Waals surface area contributed by atoms with Gasteiger partial charge in [-0.15, -0.1) is 0 Å². The van der Waals surface area contributed by atoms with Crippen LogP contribution in [0.15, 0.2) is 94.8 Å². The van der Waals surface area contributed by atoms with Crippen LogP contribution in [0, 0.1) is 15.9 Å². The molecule has 0 bridgehead atoms. The first-order valence-corrected chi connectivity index (χ1v) is 13.9. The molecule has 0 aliphatic carbocycles. The van der Waals surface area contributed by atoms with E-state index >= 15 is 0 Å². The number of alkyl halides is 6. The highest BCUT2D eigenvalue weighted by Crippen LogP contribution is 2.30. The molecule has 2 aromatic heterocycles. The second-order valence-electron chi connectivity index (χ2n) is 10.5. The van der Waals surface area contributed by atoms with Crippen LogP contribution in [-0.2, 0) is 32.0 Å². The third-order valence-electron chi connectivity index (χ3n) is 7.25. The van der Waals surface area contributed by atoms with E-state index in [1.807, 2.05) is 0 Å². The number of halogens is 7. The standard InChI is InChI=1S/C32H22F7N5O4/c33-26-4-2-1-3-23(26)19-41-16-22(15-40-41)9-14-27-28(44(47)48)29(45)43(18-21-7-12-25(13-8-21)32(37,38)39)30(46)42(27)17-20-5-10-24(11-6-20)31(34,35)36/h1-16H,17-19H2/b14-9+. The molecule has 5 rings (SSSR count). The van der Waals surface area contributed by atoms with E-state index in [-0.39, 0.29) is 17.7 Å². The van der Waals surface area contributed by atoms with Crippen molar-refractivity contribution in [3.8, 4) is 0 Å². The van der Waals surface area contributed by atoms with Crippen LogP contribution in [-0.4, -0.2) is 23.8 Å². The number of nitro groups is 1. The Hall–Kier alpha value is -5.80. The highest BCUT2D eigenvalue weighted by atomic mass is 19.4. The van der Waals surface area contributed by atoms with E-state index in [1.54, 1.807) is 12.1 Å². The maximum absolute atomic E-state index is 14.1. The molecule has 0 amide bonds. The first-order chi connectivity index (χ1) is 22.6. The molecule has 3 aromatic carbocycles. The van der Waals surface area contributed by atoms with Gasteiger partial charge in [-0.1, -0.05) is 42.5 Å². The van der Waals surface area contributed by atoms with Gasteiger partial charge in [0.25, 0.3) is 0 Å². The van der Waals surface area contributed by atoms with Gasteiger partial charge in [0.15, 0.2) is 0 Å². The summed E-state index contributed by atoms with van der Waals surface area (Å²) in [5.74, 6) is -0.468. The van der Waals surface area contributed by atoms with Crippen molar-refractivity contribution in [2.45, 2.75) is 32.0 Å². The van der Waals surface area contributed by atoms with Gasteiger partial charge in [0, 0.05) is 17.3 Å². The summed E-state index contributed by atoms with van der Waals surface area (Å²) in [5.41, 5.74) is -5.19. The minimum absolute atomic E-state index is 0.0410. The number of rotatable bonds is 9. The molecule has 9 nitrogen and oxygen atoms in total. The maximum atomic E-state index is 14.1. The SMILES string of the molecule is O=c1c([N+](=O)[O-])c(/C=C/c2cnn(Cc3ccccc3F)c2)n(Cc2ccc(C(F)(F)F)cc2)c(=O)n1Cc1ccc(C(F)(F)F)cc1. The van der Waals surface area contributed by atoms with Crippen LogP contribution >= 0.6 is 0 Å². The topological polar surface area (TPSA) is 105 Å². The normalized spacial score (nSPS) is 12.1.